The molecule has 0 radical (unpaired) electrons. The Balaban J connectivity index is 2.49. The van der Waals surface area contributed by atoms with Crippen LogP contribution < -0.4 is 10.1 Å². The van der Waals surface area contributed by atoms with Gasteiger partial charge < -0.3 is 10.1 Å². The Labute approximate surface area is 93.6 Å². The lowest BCUT2D eigenvalue weighted by atomic mass is 10.0. The molecule has 0 saturated heterocycles. The Kier molecular flexibility index (Phi) is 2.55. The molecule has 1 aromatic carbocycles. The average Bonchev–Trinajstić information content (AvgIpc) is 3.09. The van der Waals surface area contributed by atoms with E-state index in [9.17, 15) is 10.1 Å². The molecular formula is C11H14N2O3. The SMILES string of the molecule is CNC1(c2ccc(OC)cc2[N+](=O)[O-])CC1. The van der Waals surface area contributed by atoms with Crippen molar-refractivity contribution in [3.05, 3.63) is 33.9 Å². The third-order valence-corrected chi connectivity index (χ3v) is 3.15. The molecule has 0 aliphatic heterocycles. The molecule has 0 bridgehead atoms. The van der Waals surface area contributed by atoms with Crippen LogP contribution in [0, 0.1) is 10.1 Å². The van der Waals surface area contributed by atoms with E-state index in [0.717, 1.165) is 18.4 Å². The van der Waals surface area contributed by atoms with Crippen molar-refractivity contribution in [1.82, 2.24) is 5.32 Å². The number of nitro benzene ring substituents is 1. The maximum Gasteiger partial charge on any atom is 0.278 e. The zero-order valence-electron chi connectivity index (χ0n) is 9.32. The molecule has 0 unspecified atom stereocenters. The van der Waals surface area contributed by atoms with Crippen molar-refractivity contribution < 1.29 is 9.66 Å². The number of nitro groups is 1. The number of hydrogen-bond acceptors (Lipinski definition) is 4. The fourth-order valence-electron chi connectivity index (χ4n) is 1.97. The predicted octanol–water partition coefficient (Wildman–Crippen LogP) is 1.81. The Morgan fingerprint density at radius 1 is 1.50 bits per heavy atom. The lowest BCUT2D eigenvalue weighted by Gasteiger charge is -2.15. The fourth-order valence-corrected chi connectivity index (χ4v) is 1.97. The molecule has 16 heavy (non-hydrogen) atoms. The molecule has 5 heteroatoms. The summed E-state index contributed by atoms with van der Waals surface area (Å²) in [6.45, 7) is 0. The largest absolute Gasteiger partial charge is 0.497 e. The lowest BCUT2D eigenvalue weighted by molar-refractivity contribution is -0.386. The summed E-state index contributed by atoms with van der Waals surface area (Å²) < 4.78 is 5.00. The van der Waals surface area contributed by atoms with Crippen LogP contribution in [0.3, 0.4) is 0 Å². The standard InChI is InChI=1S/C11H14N2O3/c1-12-11(5-6-11)9-4-3-8(16-2)7-10(9)13(14)15/h3-4,7,12H,5-6H2,1-2H3. The van der Waals surface area contributed by atoms with E-state index in [2.05, 4.69) is 5.32 Å². The van der Waals surface area contributed by atoms with Gasteiger partial charge in [-0.15, -0.1) is 0 Å². The van der Waals surface area contributed by atoms with Crippen LogP contribution in [0.25, 0.3) is 0 Å². The number of ether oxygens (including phenoxy) is 1. The summed E-state index contributed by atoms with van der Waals surface area (Å²) in [5.41, 5.74) is 0.682. The van der Waals surface area contributed by atoms with Gasteiger partial charge >= 0.3 is 0 Å². The van der Waals surface area contributed by atoms with Gasteiger partial charge in [0, 0.05) is 0 Å². The Hall–Kier alpha value is -1.62. The van der Waals surface area contributed by atoms with Crippen molar-refractivity contribution in [1.29, 1.82) is 0 Å². The van der Waals surface area contributed by atoms with Gasteiger partial charge in [0.2, 0.25) is 0 Å². The van der Waals surface area contributed by atoms with Crippen LogP contribution in [0.2, 0.25) is 0 Å². The van der Waals surface area contributed by atoms with Gasteiger partial charge in [-0.25, -0.2) is 0 Å². The number of benzene rings is 1. The van der Waals surface area contributed by atoms with Crippen molar-refractivity contribution in [3.8, 4) is 5.75 Å². The summed E-state index contributed by atoms with van der Waals surface area (Å²) in [6, 6.07) is 5.02. The number of methoxy groups -OCH3 is 1. The number of nitrogens with zero attached hydrogens (tertiary/aromatic N) is 1. The molecule has 1 aliphatic carbocycles. The van der Waals surface area contributed by atoms with Crippen LogP contribution in [0.5, 0.6) is 5.75 Å². The van der Waals surface area contributed by atoms with Gasteiger partial charge in [-0.3, -0.25) is 10.1 Å². The molecule has 1 aromatic rings. The van der Waals surface area contributed by atoms with Crippen LogP contribution in [-0.2, 0) is 5.54 Å². The number of hydrogen-bond donors (Lipinski definition) is 1. The van der Waals surface area contributed by atoms with E-state index < -0.39 is 0 Å². The highest BCUT2D eigenvalue weighted by molar-refractivity contribution is 5.51. The van der Waals surface area contributed by atoms with Crippen molar-refractivity contribution in [2.24, 2.45) is 0 Å². The van der Waals surface area contributed by atoms with Gasteiger partial charge in [-0.05, 0) is 32.0 Å². The van der Waals surface area contributed by atoms with Crippen LogP contribution in [0.1, 0.15) is 18.4 Å². The number of rotatable bonds is 4. The van der Waals surface area contributed by atoms with Gasteiger partial charge in [-0.1, -0.05) is 0 Å². The monoisotopic (exact) mass is 222 g/mol. The molecule has 86 valence electrons. The highest BCUT2D eigenvalue weighted by Crippen LogP contribution is 2.48. The van der Waals surface area contributed by atoms with Crippen molar-refractivity contribution in [2.45, 2.75) is 18.4 Å². The second kappa shape index (κ2) is 3.75. The van der Waals surface area contributed by atoms with E-state index in [1.807, 2.05) is 7.05 Å². The number of nitrogens with one attached hydrogen (secondary N) is 1. The first kappa shape index (κ1) is 10.9. The minimum absolute atomic E-state index is 0.131. The maximum atomic E-state index is 11.0. The lowest BCUT2D eigenvalue weighted by Crippen LogP contribution is -2.25. The van der Waals surface area contributed by atoms with E-state index >= 15 is 0 Å². The minimum Gasteiger partial charge on any atom is -0.497 e. The highest BCUT2D eigenvalue weighted by Gasteiger charge is 2.46. The third-order valence-electron chi connectivity index (χ3n) is 3.15. The molecule has 5 nitrogen and oxygen atoms in total. The molecule has 0 heterocycles. The van der Waals surface area contributed by atoms with E-state index in [0.29, 0.717) is 5.75 Å². The van der Waals surface area contributed by atoms with Gasteiger partial charge in [0.1, 0.15) is 5.75 Å². The molecule has 0 aromatic heterocycles. The van der Waals surface area contributed by atoms with Gasteiger partial charge in [-0.2, -0.15) is 0 Å². The van der Waals surface area contributed by atoms with Crippen LogP contribution >= 0.6 is 0 Å². The van der Waals surface area contributed by atoms with Gasteiger partial charge in [0.05, 0.1) is 29.2 Å². The van der Waals surface area contributed by atoms with E-state index in [1.165, 1.54) is 13.2 Å². The first-order valence-corrected chi connectivity index (χ1v) is 5.15. The van der Waals surface area contributed by atoms with Gasteiger partial charge in [0.15, 0.2) is 0 Å². The first-order valence-electron chi connectivity index (χ1n) is 5.15. The zero-order valence-corrected chi connectivity index (χ0v) is 9.32. The maximum absolute atomic E-state index is 11.0. The molecule has 1 saturated carbocycles. The Morgan fingerprint density at radius 2 is 2.19 bits per heavy atom. The molecule has 2 rings (SSSR count). The summed E-state index contributed by atoms with van der Waals surface area (Å²) >= 11 is 0. The first-order chi connectivity index (χ1) is 7.63. The molecule has 0 amide bonds. The summed E-state index contributed by atoms with van der Waals surface area (Å²) in [5, 5.41) is 14.2. The summed E-state index contributed by atoms with van der Waals surface area (Å²) in [6.07, 6.45) is 1.88. The molecular weight excluding hydrogens is 208 g/mol. The normalized spacial score (nSPS) is 16.9. The Morgan fingerprint density at radius 3 is 2.62 bits per heavy atom. The highest BCUT2D eigenvalue weighted by atomic mass is 16.6. The van der Waals surface area contributed by atoms with Gasteiger partial charge in [0.25, 0.3) is 5.69 Å². The van der Waals surface area contributed by atoms with E-state index in [4.69, 9.17) is 4.74 Å². The second-order valence-corrected chi connectivity index (χ2v) is 3.97. The van der Waals surface area contributed by atoms with Crippen molar-refractivity contribution >= 4 is 5.69 Å². The molecule has 1 aliphatic rings. The average molecular weight is 222 g/mol. The minimum atomic E-state index is -0.352. The van der Waals surface area contributed by atoms with Crippen LogP contribution in [0.15, 0.2) is 18.2 Å². The zero-order chi connectivity index (χ0) is 11.8. The molecule has 1 N–H and O–H groups in total. The smallest absolute Gasteiger partial charge is 0.278 e. The quantitative estimate of drug-likeness (QED) is 0.623. The van der Waals surface area contributed by atoms with Crippen LogP contribution in [-0.4, -0.2) is 19.1 Å². The fraction of sp³-hybridized carbons (Fsp3) is 0.455. The van der Waals surface area contributed by atoms with Crippen molar-refractivity contribution in [3.63, 3.8) is 0 Å². The topological polar surface area (TPSA) is 64.4 Å². The molecule has 0 atom stereocenters. The summed E-state index contributed by atoms with van der Waals surface area (Å²) in [5.74, 6) is 0.516. The third kappa shape index (κ3) is 1.63. The van der Waals surface area contributed by atoms with Crippen molar-refractivity contribution in [2.75, 3.05) is 14.2 Å². The predicted molar refractivity (Wildman–Crippen MR) is 59.6 cm³/mol. The van der Waals surface area contributed by atoms with E-state index in [-0.39, 0.29) is 16.1 Å². The molecule has 0 spiro atoms. The summed E-state index contributed by atoms with van der Waals surface area (Å²) in [7, 11) is 3.34. The second-order valence-electron chi connectivity index (χ2n) is 3.97. The van der Waals surface area contributed by atoms with E-state index in [1.54, 1.807) is 12.1 Å². The van der Waals surface area contributed by atoms with Crippen LogP contribution in [0.4, 0.5) is 5.69 Å². The molecule has 1 fully saturated rings. The Bertz CT molecular complexity index is 427. The summed E-state index contributed by atoms with van der Waals surface area (Å²) in [4.78, 5) is 10.7.